The van der Waals surface area contributed by atoms with Crippen LogP contribution in [0.2, 0.25) is 0 Å². The summed E-state index contributed by atoms with van der Waals surface area (Å²) in [7, 11) is 11.9. The number of hydrogen-bond donors (Lipinski definition) is 6. The molecule has 13 atom stereocenters. The quantitative estimate of drug-likeness (QED) is 0.0683. The van der Waals surface area contributed by atoms with Crippen LogP contribution in [-0.4, -0.2) is 274 Å². The van der Waals surface area contributed by atoms with E-state index in [9.17, 15) is 29.4 Å². The minimum Gasteiger partial charge on any atom is -0.390 e. The van der Waals surface area contributed by atoms with Crippen LogP contribution in [0.4, 0.5) is 0 Å². The molecule has 1 aliphatic heterocycles. The monoisotopic (exact) mass is 1390 g/mol. The largest absolute Gasteiger partial charge is 0.390 e. The zero-order valence-electron chi connectivity index (χ0n) is 64.5. The van der Waals surface area contributed by atoms with Gasteiger partial charge in [0.25, 0.3) is 0 Å². The van der Waals surface area contributed by atoms with Gasteiger partial charge in [0.15, 0.2) is 0 Å². The Balaban J connectivity index is 4.60. The van der Waals surface area contributed by atoms with Crippen LogP contribution in [0.25, 0.3) is 0 Å². The lowest BCUT2D eigenvalue weighted by Crippen LogP contribution is -2.64. The number of aliphatic hydroxyl groups excluding tert-OH is 1. The molecule has 1 saturated heterocycles. The lowest BCUT2D eigenvalue weighted by atomic mass is 9.91. The van der Waals surface area contributed by atoms with Crippen molar-refractivity contribution >= 4 is 76.7 Å². The zero-order chi connectivity index (χ0) is 75.4. The van der Waals surface area contributed by atoms with Crippen molar-refractivity contribution in [2.45, 2.75) is 255 Å². The predicted octanol–water partition coefficient (Wildman–Crippen LogP) is 4.46. The van der Waals surface area contributed by atoms with Crippen molar-refractivity contribution in [2.24, 2.45) is 40.9 Å². The average molecular weight is 1390 g/mol. The number of likely N-dealkylation sites (N-methyl/N-ethyl adjacent to an activating group) is 7. The van der Waals surface area contributed by atoms with Crippen molar-refractivity contribution in [3.63, 3.8) is 0 Å². The summed E-state index contributed by atoms with van der Waals surface area (Å²) in [5.41, 5.74) is -1.61. The number of carbonyl (C=O) groups excluding carboxylic acids is 11. The van der Waals surface area contributed by atoms with Crippen molar-refractivity contribution in [1.82, 2.24) is 60.5 Å². The third kappa shape index (κ3) is 27.0. The van der Waals surface area contributed by atoms with E-state index >= 15 is 33.6 Å². The molecule has 0 radical (unpaired) electrons. The van der Waals surface area contributed by atoms with Gasteiger partial charge in [0.2, 0.25) is 65.0 Å². The standard InChI is InChI=1S/C71H130N12O13S/c1-29-31-32-46(13)58(84)57-62(88)74-49(30-2)64(90)81(26)54(39-97-34-33-76(21)40-70(16,17)18)67(93)80(25)53(38-71(19,20)96)61(87)75-55(44(9)10)68(94)77(22)50(35-41(3)4)60(86)72-47(14)59(85)73-48(15)63(89)78(23)51(36-42(5)6)65(91)79(24)52(37-43(7)8)66(92)82(27)56(45(11)12)69(95)83(57)28/h29,31,41-58,84,96H,30,32-40H2,1-28H3,(H,72,86)(H,73,85)(H,74,88)(H,75,87)/t46-,47+,48-,49+,50+,51+,52+,53+,54-,55+,56+,57+,58-/m1/s1. The van der Waals surface area contributed by atoms with Gasteiger partial charge in [0.05, 0.1) is 11.7 Å². The number of thioether (sulfide) groups is 1. The van der Waals surface area contributed by atoms with Crippen LogP contribution in [0.3, 0.4) is 0 Å². The summed E-state index contributed by atoms with van der Waals surface area (Å²) in [4.78, 5) is 175. The Bertz CT molecular complexity index is 2660. The Kier molecular flexibility index (Phi) is 36.6. The van der Waals surface area contributed by atoms with Gasteiger partial charge in [-0.05, 0) is 115 Å². The van der Waals surface area contributed by atoms with Crippen molar-refractivity contribution in [3.8, 4) is 0 Å². The van der Waals surface area contributed by atoms with Crippen LogP contribution < -0.4 is 21.3 Å². The second-order valence-corrected chi connectivity index (χ2v) is 32.2. The van der Waals surface area contributed by atoms with Gasteiger partial charge in [0.1, 0.15) is 66.5 Å². The van der Waals surface area contributed by atoms with E-state index in [1.54, 1.807) is 54.5 Å². The van der Waals surface area contributed by atoms with Gasteiger partial charge >= 0.3 is 0 Å². The highest BCUT2D eigenvalue weighted by Gasteiger charge is 2.47. The average Bonchev–Trinajstić information content (AvgIpc) is 0.810. The molecule has 1 fully saturated rings. The Morgan fingerprint density at radius 3 is 1.41 bits per heavy atom. The summed E-state index contributed by atoms with van der Waals surface area (Å²) >= 11 is 1.39. The van der Waals surface area contributed by atoms with Crippen molar-refractivity contribution in [3.05, 3.63) is 12.2 Å². The second kappa shape index (κ2) is 39.8. The number of rotatable bonds is 21. The highest BCUT2D eigenvalue weighted by Crippen LogP contribution is 2.27. The maximum absolute atomic E-state index is 15.5. The van der Waals surface area contributed by atoms with E-state index in [1.165, 1.54) is 113 Å². The highest BCUT2D eigenvalue weighted by atomic mass is 32.2. The number of amides is 11. The molecule has 1 rings (SSSR count). The molecule has 0 spiro atoms. The topological polar surface area (TPSA) is 302 Å². The van der Waals surface area contributed by atoms with Gasteiger partial charge in [-0.25, -0.2) is 0 Å². The summed E-state index contributed by atoms with van der Waals surface area (Å²) in [6.07, 6.45) is 2.35. The molecule has 558 valence electrons. The zero-order valence-corrected chi connectivity index (χ0v) is 65.3. The molecule has 0 aromatic carbocycles. The summed E-state index contributed by atoms with van der Waals surface area (Å²) in [6, 6.07) is -14.4. The lowest BCUT2D eigenvalue weighted by molar-refractivity contribution is -0.157. The molecule has 0 saturated carbocycles. The smallest absolute Gasteiger partial charge is 0.246 e. The maximum Gasteiger partial charge on any atom is 0.246 e. The molecule has 0 aromatic heterocycles. The van der Waals surface area contributed by atoms with Gasteiger partial charge in [0, 0.05) is 80.3 Å². The Morgan fingerprint density at radius 2 is 0.948 bits per heavy atom. The van der Waals surface area contributed by atoms with Crippen LogP contribution in [0, 0.1) is 40.9 Å². The molecule has 1 aliphatic rings. The highest BCUT2D eigenvalue weighted by molar-refractivity contribution is 7.99. The molecule has 0 aliphatic carbocycles. The number of aliphatic hydroxyl groups is 2. The van der Waals surface area contributed by atoms with E-state index in [0.717, 1.165) is 16.3 Å². The summed E-state index contributed by atoms with van der Waals surface area (Å²) in [5, 5.41) is 34.9. The van der Waals surface area contributed by atoms with Gasteiger partial charge in [-0.2, -0.15) is 11.8 Å². The molecule has 0 unspecified atom stereocenters. The molecule has 0 aromatic rings. The fraction of sp³-hybridized carbons (Fsp3) is 0.817. The Morgan fingerprint density at radius 1 is 0.515 bits per heavy atom. The van der Waals surface area contributed by atoms with E-state index in [4.69, 9.17) is 0 Å². The minimum atomic E-state index is -1.66. The first-order chi connectivity index (χ1) is 44.5. The van der Waals surface area contributed by atoms with Gasteiger partial charge in [-0.1, -0.05) is 116 Å². The molecule has 97 heavy (non-hydrogen) atoms. The summed E-state index contributed by atoms with van der Waals surface area (Å²) in [5.74, 6) is -9.77. The number of carbonyl (C=O) groups is 11. The number of allylic oxidation sites excluding steroid dienone is 2. The Labute approximate surface area is 586 Å². The van der Waals surface area contributed by atoms with Crippen LogP contribution in [-0.2, 0) is 52.7 Å². The predicted molar refractivity (Wildman–Crippen MR) is 383 cm³/mol. The van der Waals surface area contributed by atoms with Crippen molar-refractivity contribution in [2.75, 3.05) is 81.0 Å². The SMILES string of the molecule is CC=CC[C@@H](C)[C@@H](O)[C@H]1C(=O)N[C@@H](CC)C(=O)N(C)[C@H](CSCCN(C)CC(C)(C)C)C(=O)N(C)[C@@H](CC(C)(C)O)C(=O)N[C@@H](C(C)C)C(=O)N(C)[C@@H](CC(C)C)C(=O)N[C@@H](C)C(=O)N[C@H](C)C(=O)N(C)[C@@H](CC(C)C)C(=O)N(C)[C@@H](CC(C)C)C(=O)N(C)[C@@H](C(C)C)C(=O)N1C. The van der Waals surface area contributed by atoms with Crippen LogP contribution in [0.15, 0.2) is 12.2 Å². The fourth-order valence-corrected chi connectivity index (χ4v) is 13.5. The summed E-state index contributed by atoms with van der Waals surface area (Å²) < 4.78 is 0. The molecule has 11 amide bonds. The first-order valence-electron chi connectivity index (χ1n) is 34.9. The fourth-order valence-electron chi connectivity index (χ4n) is 12.3. The van der Waals surface area contributed by atoms with E-state index in [-0.39, 0.29) is 67.4 Å². The van der Waals surface area contributed by atoms with E-state index < -0.39 is 161 Å². The second-order valence-electron chi connectivity index (χ2n) is 31.1. The number of nitrogens with zero attached hydrogens (tertiary/aromatic N) is 8. The first kappa shape index (κ1) is 89.2. The normalized spacial score (nSPS) is 26.2. The van der Waals surface area contributed by atoms with Gasteiger partial charge in [-0.3, -0.25) is 52.7 Å². The molecular weight excluding hydrogens is 1260 g/mol. The summed E-state index contributed by atoms with van der Waals surface area (Å²) in [6.45, 7) is 36.7. The van der Waals surface area contributed by atoms with E-state index in [1.807, 2.05) is 54.7 Å². The van der Waals surface area contributed by atoms with Crippen LogP contribution in [0.1, 0.15) is 177 Å². The molecule has 0 bridgehead atoms. The molecule has 26 heteroatoms. The number of hydrogen-bond acceptors (Lipinski definition) is 15. The van der Waals surface area contributed by atoms with E-state index in [0.29, 0.717) is 12.3 Å². The van der Waals surface area contributed by atoms with Crippen LogP contribution in [0.5, 0.6) is 0 Å². The van der Waals surface area contributed by atoms with Gasteiger partial charge < -0.3 is 70.7 Å². The van der Waals surface area contributed by atoms with Crippen molar-refractivity contribution in [1.29, 1.82) is 0 Å². The van der Waals surface area contributed by atoms with Crippen molar-refractivity contribution < 1.29 is 63.0 Å². The molecular formula is C71H130N12O13S. The third-order valence-electron chi connectivity index (χ3n) is 18.0. The van der Waals surface area contributed by atoms with E-state index in [2.05, 4.69) is 46.9 Å². The molecule has 25 nitrogen and oxygen atoms in total. The first-order valence-corrected chi connectivity index (χ1v) is 36.0. The number of nitrogens with one attached hydrogen (secondary N) is 4. The lowest BCUT2D eigenvalue weighted by Gasteiger charge is -2.41. The van der Waals surface area contributed by atoms with Crippen LogP contribution >= 0.6 is 11.8 Å². The minimum absolute atomic E-state index is 0.00601. The Hall–Kier alpha value is -5.86. The van der Waals surface area contributed by atoms with Gasteiger partial charge in [-0.15, -0.1) is 0 Å². The third-order valence-corrected chi connectivity index (χ3v) is 19.0. The maximum atomic E-state index is 15.5. The molecule has 1 heterocycles. The molecule has 6 N–H and O–H groups in total.